The van der Waals surface area contributed by atoms with Crippen molar-refractivity contribution in [3.8, 4) is 0 Å². The van der Waals surface area contributed by atoms with Crippen molar-refractivity contribution >= 4 is 11.6 Å². The van der Waals surface area contributed by atoms with Crippen molar-refractivity contribution in [1.29, 1.82) is 0 Å². The predicted octanol–water partition coefficient (Wildman–Crippen LogP) is 2.66. The van der Waals surface area contributed by atoms with Gasteiger partial charge in [-0.3, -0.25) is 15.2 Å². The number of hydrazine groups is 1. The van der Waals surface area contributed by atoms with Crippen LogP contribution in [0.25, 0.3) is 0 Å². The van der Waals surface area contributed by atoms with Gasteiger partial charge in [-0.2, -0.15) is 0 Å². The van der Waals surface area contributed by atoms with Crippen molar-refractivity contribution in [2.24, 2.45) is 5.92 Å². The lowest BCUT2D eigenvalue weighted by Crippen LogP contribution is -2.44. The SMILES string of the molecule is CCC1CCCN(Nc2ccccc2)C1=O. The third-order valence-corrected chi connectivity index (χ3v) is 3.08. The van der Waals surface area contributed by atoms with Crippen molar-refractivity contribution in [3.63, 3.8) is 0 Å². The molecule has 1 unspecified atom stereocenters. The van der Waals surface area contributed by atoms with Gasteiger partial charge in [0.1, 0.15) is 0 Å². The molecule has 1 fully saturated rings. The number of hydrogen-bond acceptors (Lipinski definition) is 2. The topological polar surface area (TPSA) is 32.3 Å². The van der Waals surface area contributed by atoms with E-state index in [2.05, 4.69) is 12.3 Å². The maximum absolute atomic E-state index is 12.0. The summed E-state index contributed by atoms with van der Waals surface area (Å²) in [7, 11) is 0. The Hall–Kier alpha value is -1.51. The first kappa shape index (κ1) is 11.0. The van der Waals surface area contributed by atoms with Gasteiger partial charge in [0.2, 0.25) is 5.91 Å². The third kappa shape index (κ3) is 2.35. The lowest BCUT2D eigenvalue weighted by Gasteiger charge is -2.32. The molecule has 1 atom stereocenters. The minimum absolute atomic E-state index is 0.199. The summed E-state index contributed by atoms with van der Waals surface area (Å²) in [5.74, 6) is 0.433. The van der Waals surface area contributed by atoms with Gasteiger partial charge >= 0.3 is 0 Å². The summed E-state index contributed by atoms with van der Waals surface area (Å²) < 4.78 is 0. The molecule has 1 aromatic carbocycles. The van der Waals surface area contributed by atoms with E-state index in [0.29, 0.717) is 0 Å². The molecule has 0 aliphatic carbocycles. The van der Waals surface area contributed by atoms with E-state index in [1.807, 2.05) is 30.3 Å². The molecule has 1 heterocycles. The molecule has 1 aromatic rings. The molecule has 1 aliphatic rings. The van der Waals surface area contributed by atoms with Crippen LogP contribution in [0.4, 0.5) is 5.69 Å². The molecule has 1 N–H and O–H groups in total. The largest absolute Gasteiger partial charge is 0.296 e. The third-order valence-electron chi connectivity index (χ3n) is 3.08. The molecule has 0 radical (unpaired) electrons. The van der Waals surface area contributed by atoms with Crippen LogP contribution in [0, 0.1) is 5.92 Å². The predicted molar refractivity (Wildman–Crippen MR) is 64.8 cm³/mol. The van der Waals surface area contributed by atoms with Gasteiger partial charge in [0.25, 0.3) is 0 Å². The highest BCUT2D eigenvalue weighted by Gasteiger charge is 2.27. The molecule has 2 rings (SSSR count). The number of amides is 1. The first-order valence-corrected chi connectivity index (χ1v) is 5.94. The van der Waals surface area contributed by atoms with Gasteiger partial charge in [0.15, 0.2) is 0 Å². The normalized spacial score (nSPS) is 20.9. The van der Waals surface area contributed by atoms with Crippen LogP contribution < -0.4 is 5.43 Å². The summed E-state index contributed by atoms with van der Waals surface area (Å²) in [6, 6.07) is 9.85. The van der Waals surface area contributed by atoms with E-state index in [-0.39, 0.29) is 11.8 Å². The summed E-state index contributed by atoms with van der Waals surface area (Å²) in [5, 5.41) is 1.76. The maximum atomic E-state index is 12.0. The van der Waals surface area contributed by atoms with Gasteiger partial charge in [-0.15, -0.1) is 0 Å². The standard InChI is InChI=1S/C13H18N2O/c1-2-11-7-6-10-15(13(11)16)14-12-8-4-3-5-9-12/h3-5,8-9,11,14H,2,6-7,10H2,1H3. The van der Waals surface area contributed by atoms with Crippen LogP contribution in [0.2, 0.25) is 0 Å². The van der Waals surface area contributed by atoms with E-state index in [1.54, 1.807) is 5.01 Å². The van der Waals surface area contributed by atoms with Crippen LogP contribution in [-0.2, 0) is 4.79 Å². The van der Waals surface area contributed by atoms with Crippen LogP contribution in [0.3, 0.4) is 0 Å². The zero-order valence-electron chi connectivity index (χ0n) is 9.65. The molecule has 0 spiro atoms. The molecule has 3 nitrogen and oxygen atoms in total. The summed E-state index contributed by atoms with van der Waals surface area (Å²) in [6.07, 6.45) is 3.05. The molecule has 0 bridgehead atoms. The van der Waals surface area contributed by atoms with Crippen molar-refractivity contribution < 1.29 is 4.79 Å². The monoisotopic (exact) mass is 218 g/mol. The number of piperidine rings is 1. The summed E-state index contributed by atoms with van der Waals surface area (Å²) in [4.78, 5) is 12.0. The second kappa shape index (κ2) is 5.01. The number of carbonyl (C=O) groups excluding carboxylic acids is 1. The number of benzene rings is 1. The molecule has 1 aliphatic heterocycles. The maximum Gasteiger partial charge on any atom is 0.243 e. The number of anilines is 1. The average Bonchev–Trinajstić information content (AvgIpc) is 2.33. The van der Waals surface area contributed by atoms with Gasteiger partial charge in [0.05, 0.1) is 5.69 Å². The number of para-hydroxylation sites is 1. The highest BCUT2D eigenvalue weighted by molar-refractivity contribution is 5.80. The van der Waals surface area contributed by atoms with E-state index in [4.69, 9.17) is 0 Å². The first-order chi connectivity index (χ1) is 7.81. The fourth-order valence-corrected chi connectivity index (χ4v) is 2.11. The van der Waals surface area contributed by atoms with Crippen molar-refractivity contribution in [2.75, 3.05) is 12.0 Å². The fourth-order valence-electron chi connectivity index (χ4n) is 2.11. The number of hydrogen-bond donors (Lipinski definition) is 1. The van der Waals surface area contributed by atoms with Crippen LogP contribution in [0.5, 0.6) is 0 Å². The molecular formula is C13H18N2O. The quantitative estimate of drug-likeness (QED) is 0.846. The molecule has 1 saturated heterocycles. The highest BCUT2D eigenvalue weighted by Crippen LogP contribution is 2.21. The van der Waals surface area contributed by atoms with E-state index < -0.39 is 0 Å². The second-order valence-corrected chi connectivity index (χ2v) is 4.22. The molecular weight excluding hydrogens is 200 g/mol. The minimum Gasteiger partial charge on any atom is -0.296 e. The Morgan fingerprint density at radius 3 is 2.81 bits per heavy atom. The Morgan fingerprint density at radius 2 is 2.12 bits per heavy atom. The fraction of sp³-hybridized carbons (Fsp3) is 0.462. The highest BCUT2D eigenvalue weighted by atomic mass is 16.2. The average molecular weight is 218 g/mol. The van der Waals surface area contributed by atoms with E-state index >= 15 is 0 Å². The first-order valence-electron chi connectivity index (χ1n) is 5.94. The summed E-state index contributed by atoms with van der Waals surface area (Å²) in [6.45, 7) is 2.89. The van der Waals surface area contributed by atoms with Crippen molar-refractivity contribution in [3.05, 3.63) is 30.3 Å². The lowest BCUT2D eigenvalue weighted by molar-refractivity contribution is -0.136. The Kier molecular flexibility index (Phi) is 3.44. The second-order valence-electron chi connectivity index (χ2n) is 4.22. The van der Waals surface area contributed by atoms with Crippen LogP contribution in [0.1, 0.15) is 26.2 Å². The van der Waals surface area contributed by atoms with Crippen molar-refractivity contribution in [1.82, 2.24) is 5.01 Å². The van der Waals surface area contributed by atoms with Crippen LogP contribution >= 0.6 is 0 Å². The molecule has 1 amide bonds. The molecule has 3 heteroatoms. The number of rotatable bonds is 3. The number of carbonyl (C=O) groups is 1. The number of nitrogens with one attached hydrogen (secondary N) is 1. The lowest BCUT2D eigenvalue weighted by atomic mass is 9.96. The number of nitrogens with zero attached hydrogens (tertiary/aromatic N) is 1. The van der Waals surface area contributed by atoms with E-state index in [9.17, 15) is 4.79 Å². The Balaban J connectivity index is 2.02. The van der Waals surface area contributed by atoms with Crippen molar-refractivity contribution in [2.45, 2.75) is 26.2 Å². The van der Waals surface area contributed by atoms with Gasteiger partial charge in [-0.25, -0.2) is 0 Å². The zero-order valence-corrected chi connectivity index (χ0v) is 9.65. The Bertz CT molecular complexity index is 350. The van der Waals surface area contributed by atoms with Crippen LogP contribution in [0.15, 0.2) is 30.3 Å². The molecule has 0 saturated carbocycles. The molecule has 16 heavy (non-hydrogen) atoms. The Morgan fingerprint density at radius 1 is 1.38 bits per heavy atom. The summed E-state index contributed by atoms with van der Waals surface area (Å²) >= 11 is 0. The smallest absolute Gasteiger partial charge is 0.243 e. The van der Waals surface area contributed by atoms with Gasteiger partial charge in [-0.05, 0) is 31.4 Å². The minimum atomic E-state index is 0.199. The zero-order chi connectivity index (χ0) is 11.4. The van der Waals surface area contributed by atoms with E-state index in [1.165, 1.54) is 0 Å². The molecule has 0 aromatic heterocycles. The van der Waals surface area contributed by atoms with E-state index in [0.717, 1.165) is 31.5 Å². The Labute approximate surface area is 96.4 Å². The summed E-state index contributed by atoms with van der Waals surface area (Å²) in [5.41, 5.74) is 4.16. The van der Waals surface area contributed by atoms with Crippen LogP contribution in [-0.4, -0.2) is 17.5 Å². The van der Waals surface area contributed by atoms with Gasteiger partial charge in [0, 0.05) is 12.5 Å². The van der Waals surface area contributed by atoms with Gasteiger partial charge in [-0.1, -0.05) is 25.1 Å². The van der Waals surface area contributed by atoms with Gasteiger partial charge < -0.3 is 0 Å². The molecule has 86 valence electrons.